The highest BCUT2D eigenvalue weighted by Crippen LogP contribution is 2.54. The van der Waals surface area contributed by atoms with E-state index in [0.29, 0.717) is 0 Å². The van der Waals surface area contributed by atoms with E-state index in [1.165, 1.54) is 5.56 Å². The number of allylic oxidation sites excluding steroid dienone is 2. The van der Waals surface area contributed by atoms with Crippen LogP contribution in [0, 0.1) is 13.8 Å². The van der Waals surface area contributed by atoms with Crippen LogP contribution in [0.25, 0.3) is 16.6 Å². The second kappa shape index (κ2) is 4.47. The second-order valence-electron chi connectivity index (χ2n) is 7.09. The number of aromatic amines is 1. The predicted octanol–water partition coefficient (Wildman–Crippen LogP) is 4.52. The lowest BCUT2D eigenvalue weighted by Crippen LogP contribution is -2.15. The Morgan fingerprint density at radius 1 is 1.00 bits per heavy atom. The number of aromatic hydroxyl groups is 2. The number of rotatable bonds is 1. The summed E-state index contributed by atoms with van der Waals surface area (Å²) < 4.78 is 1.60. The zero-order valence-corrected chi connectivity index (χ0v) is 13.8. The van der Waals surface area contributed by atoms with Gasteiger partial charge in [-0.05, 0) is 50.5 Å². The van der Waals surface area contributed by atoms with E-state index in [0.717, 1.165) is 46.3 Å². The van der Waals surface area contributed by atoms with Crippen molar-refractivity contribution >= 4 is 10.9 Å². The molecule has 0 saturated heterocycles. The maximum Gasteiger partial charge on any atom is 0.202 e. The molecule has 122 valence electrons. The molecule has 1 aromatic carbocycles. The molecule has 24 heavy (non-hydrogen) atoms. The lowest BCUT2D eigenvalue weighted by molar-refractivity contribution is 0.399. The van der Waals surface area contributed by atoms with Gasteiger partial charge in [0.2, 0.25) is 11.8 Å². The van der Waals surface area contributed by atoms with Crippen molar-refractivity contribution in [2.24, 2.45) is 0 Å². The van der Waals surface area contributed by atoms with Gasteiger partial charge in [0.1, 0.15) is 0 Å². The number of nitrogens with one attached hydrogen (secondary N) is 1. The van der Waals surface area contributed by atoms with Gasteiger partial charge in [0, 0.05) is 39.6 Å². The lowest BCUT2D eigenvalue weighted by Gasteiger charge is -2.30. The van der Waals surface area contributed by atoms with Gasteiger partial charge in [-0.2, -0.15) is 0 Å². The SMILES string of the molecule is Cc1[nH]c2ccc(-n3c(O)c4c(c3O)[C@H]3C=CC4CC3)cc2c1C. The third-order valence-corrected chi connectivity index (χ3v) is 5.85. The molecule has 0 fully saturated rings. The fourth-order valence-corrected chi connectivity index (χ4v) is 4.45. The maximum atomic E-state index is 10.8. The maximum absolute atomic E-state index is 10.8. The minimum absolute atomic E-state index is 0.186. The molecule has 0 amide bonds. The summed E-state index contributed by atoms with van der Waals surface area (Å²) in [5.41, 5.74) is 6.04. The summed E-state index contributed by atoms with van der Waals surface area (Å²) in [4.78, 5) is 3.36. The summed E-state index contributed by atoms with van der Waals surface area (Å²) in [6, 6.07) is 5.99. The fraction of sp³-hybridized carbons (Fsp3) is 0.300. The average Bonchev–Trinajstić information content (AvgIpc) is 3.04. The van der Waals surface area contributed by atoms with E-state index in [4.69, 9.17) is 0 Å². The molecular weight excluding hydrogens is 300 g/mol. The van der Waals surface area contributed by atoms with Crippen molar-refractivity contribution in [3.63, 3.8) is 0 Å². The second-order valence-corrected chi connectivity index (χ2v) is 7.09. The van der Waals surface area contributed by atoms with Gasteiger partial charge in [0.05, 0.1) is 5.69 Å². The molecule has 3 aliphatic rings. The molecule has 4 nitrogen and oxygen atoms in total. The van der Waals surface area contributed by atoms with E-state index in [9.17, 15) is 10.2 Å². The molecule has 3 N–H and O–H groups in total. The molecule has 0 radical (unpaired) electrons. The Labute approximate surface area is 140 Å². The summed E-state index contributed by atoms with van der Waals surface area (Å²) in [5, 5.41) is 22.8. The third kappa shape index (κ3) is 1.58. The number of aromatic nitrogens is 2. The van der Waals surface area contributed by atoms with Crippen LogP contribution in [-0.2, 0) is 0 Å². The first kappa shape index (κ1) is 13.8. The Kier molecular flexibility index (Phi) is 2.57. The number of hydrogen-bond acceptors (Lipinski definition) is 2. The summed E-state index contributed by atoms with van der Waals surface area (Å²) in [7, 11) is 0. The predicted molar refractivity (Wildman–Crippen MR) is 94.3 cm³/mol. The molecular formula is C20H20N2O2. The molecule has 0 spiro atoms. The minimum atomic E-state index is 0.186. The lowest BCUT2D eigenvalue weighted by atomic mass is 9.73. The third-order valence-electron chi connectivity index (χ3n) is 5.85. The number of nitrogens with zero attached hydrogens (tertiary/aromatic N) is 1. The van der Waals surface area contributed by atoms with Crippen LogP contribution in [0.15, 0.2) is 30.4 Å². The van der Waals surface area contributed by atoms with Gasteiger partial charge >= 0.3 is 0 Å². The van der Waals surface area contributed by atoms with Crippen molar-refractivity contribution in [3.05, 3.63) is 52.7 Å². The van der Waals surface area contributed by atoms with Gasteiger partial charge in [0.15, 0.2) is 0 Å². The highest BCUT2D eigenvalue weighted by molar-refractivity contribution is 5.86. The van der Waals surface area contributed by atoms with Crippen molar-refractivity contribution in [3.8, 4) is 17.4 Å². The Bertz CT molecular complexity index is 985. The van der Waals surface area contributed by atoms with E-state index < -0.39 is 0 Å². The van der Waals surface area contributed by atoms with Crippen molar-refractivity contribution in [1.82, 2.24) is 9.55 Å². The first-order valence-corrected chi connectivity index (χ1v) is 8.50. The van der Waals surface area contributed by atoms with Crippen LogP contribution in [0.2, 0.25) is 0 Å². The van der Waals surface area contributed by atoms with E-state index >= 15 is 0 Å². The Morgan fingerprint density at radius 2 is 1.62 bits per heavy atom. The summed E-state index contributed by atoms with van der Waals surface area (Å²) in [6.07, 6.45) is 6.42. The zero-order chi connectivity index (χ0) is 16.6. The molecule has 2 bridgehead atoms. The van der Waals surface area contributed by atoms with Gasteiger partial charge in [-0.3, -0.25) is 4.57 Å². The van der Waals surface area contributed by atoms with E-state index in [2.05, 4.69) is 31.0 Å². The monoisotopic (exact) mass is 320 g/mol. The molecule has 2 heterocycles. The topological polar surface area (TPSA) is 61.2 Å². The van der Waals surface area contributed by atoms with Crippen molar-refractivity contribution in [1.29, 1.82) is 0 Å². The van der Waals surface area contributed by atoms with Crippen LogP contribution >= 0.6 is 0 Å². The largest absolute Gasteiger partial charge is 0.494 e. The standard InChI is InChI=1S/C20H20N2O2/c1-10-11(2)21-16-8-7-14(9-15(10)16)22-19(23)17-12-3-4-13(6-5-12)18(17)20(22)24/h3-4,7-9,12-13,21,23-24H,5-6H2,1-2H3/t12-,13?/m0/s1. The van der Waals surface area contributed by atoms with Gasteiger partial charge in [0.25, 0.3) is 0 Å². The molecule has 6 rings (SSSR count). The van der Waals surface area contributed by atoms with Gasteiger partial charge in [-0.1, -0.05) is 12.2 Å². The number of fused-ring (bicyclic) bond motifs is 2. The summed E-state index contributed by atoms with van der Waals surface area (Å²) in [6.45, 7) is 4.14. The van der Waals surface area contributed by atoms with Gasteiger partial charge in [-0.25, -0.2) is 0 Å². The quantitative estimate of drug-likeness (QED) is 0.577. The molecule has 3 aromatic rings. The highest BCUT2D eigenvalue weighted by Gasteiger charge is 2.37. The van der Waals surface area contributed by atoms with Gasteiger partial charge < -0.3 is 15.2 Å². The first-order chi connectivity index (χ1) is 11.6. The Balaban J connectivity index is 1.76. The van der Waals surface area contributed by atoms with Gasteiger partial charge in [-0.15, -0.1) is 0 Å². The molecule has 0 saturated carbocycles. The van der Waals surface area contributed by atoms with Crippen molar-refractivity contribution in [2.75, 3.05) is 0 Å². The molecule has 1 unspecified atom stereocenters. The number of aryl methyl sites for hydroxylation is 2. The fourth-order valence-electron chi connectivity index (χ4n) is 4.45. The Morgan fingerprint density at radius 3 is 2.21 bits per heavy atom. The highest BCUT2D eigenvalue weighted by atomic mass is 16.3. The van der Waals surface area contributed by atoms with E-state index in [1.807, 2.05) is 18.2 Å². The van der Waals surface area contributed by atoms with Crippen molar-refractivity contribution in [2.45, 2.75) is 38.5 Å². The number of hydrogen-bond donors (Lipinski definition) is 3. The Hall–Kier alpha value is -2.62. The number of benzene rings is 1. The van der Waals surface area contributed by atoms with Crippen molar-refractivity contribution < 1.29 is 10.2 Å². The van der Waals surface area contributed by atoms with E-state index in [-0.39, 0.29) is 23.6 Å². The summed E-state index contributed by atoms with van der Waals surface area (Å²) in [5.74, 6) is 0.811. The zero-order valence-electron chi connectivity index (χ0n) is 13.8. The van der Waals surface area contributed by atoms with Crippen LogP contribution in [0.1, 0.15) is 47.1 Å². The normalized spacial score (nSPS) is 21.6. The van der Waals surface area contributed by atoms with Crippen LogP contribution < -0.4 is 0 Å². The number of H-pyrrole nitrogens is 1. The molecule has 4 heteroatoms. The molecule has 0 aliphatic heterocycles. The molecule has 2 atom stereocenters. The van der Waals surface area contributed by atoms with Crippen LogP contribution in [0.3, 0.4) is 0 Å². The average molecular weight is 320 g/mol. The van der Waals surface area contributed by atoms with Crippen LogP contribution in [-0.4, -0.2) is 19.8 Å². The summed E-state index contributed by atoms with van der Waals surface area (Å²) >= 11 is 0. The first-order valence-electron chi connectivity index (χ1n) is 8.50. The van der Waals surface area contributed by atoms with Crippen LogP contribution in [0.5, 0.6) is 11.8 Å². The molecule has 3 aliphatic carbocycles. The minimum Gasteiger partial charge on any atom is -0.494 e. The molecule has 2 aromatic heterocycles. The van der Waals surface area contributed by atoms with Crippen LogP contribution in [0.4, 0.5) is 0 Å². The smallest absolute Gasteiger partial charge is 0.202 e. The van der Waals surface area contributed by atoms with E-state index in [1.54, 1.807) is 4.57 Å².